The SMILES string of the molecule is COc1c(Cl)ccc(C2(CC(=O)O)CC2)c1OC. The van der Waals surface area contributed by atoms with Gasteiger partial charge in [0.05, 0.1) is 25.7 Å². The van der Waals surface area contributed by atoms with E-state index in [9.17, 15) is 4.79 Å². The lowest BCUT2D eigenvalue weighted by molar-refractivity contribution is -0.137. The minimum atomic E-state index is -0.802. The number of benzene rings is 1. The fourth-order valence-corrected chi connectivity index (χ4v) is 2.56. The maximum atomic E-state index is 11.0. The van der Waals surface area contributed by atoms with Crippen LogP contribution in [0.25, 0.3) is 0 Å². The molecular weight excluding hydrogens is 256 g/mol. The molecule has 0 aromatic heterocycles. The maximum absolute atomic E-state index is 11.0. The van der Waals surface area contributed by atoms with Crippen molar-refractivity contribution in [2.45, 2.75) is 24.7 Å². The molecule has 5 heteroatoms. The highest BCUT2D eigenvalue weighted by atomic mass is 35.5. The third-order valence-corrected chi connectivity index (χ3v) is 3.68. The fourth-order valence-electron chi connectivity index (χ4n) is 2.33. The highest BCUT2D eigenvalue weighted by Crippen LogP contribution is 2.56. The molecule has 0 radical (unpaired) electrons. The summed E-state index contributed by atoms with van der Waals surface area (Å²) in [5, 5.41) is 9.46. The van der Waals surface area contributed by atoms with E-state index in [1.165, 1.54) is 14.2 Å². The summed E-state index contributed by atoms with van der Waals surface area (Å²) in [5.41, 5.74) is 0.545. The molecule has 1 aromatic rings. The molecule has 4 nitrogen and oxygen atoms in total. The van der Waals surface area contributed by atoms with Crippen LogP contribution in [0.1, 0.15) is 24.8 Å². The number of ether oxygens (including phenoxy) is 2. The highest BCUT2D eigenvalue weighted by Gasteiger charge is 2.48. The minimum absolute atomic E-state index is 0.105. The van der Waals surface area contributed by atoms with E-state index in [0.29, 0.717) is 16.5 Å². The van der Waals surface area contributed by atoms with E-state index < -0.39 is 5.97 Å². The monoisotopic (exact) mass is 270 g/mol. The van der Waals surface area contributed by atoms with E-state index in [1.54, 1.807) is 6.07 Å². The van der Waals surface area contributed by atoms with Crippen molar-refractivity contribution in [3.8, 4) is 11.5 Å². The van der Waals surface area contributed by atoms with Gasteiger partial charge in [-0.1, -0.05) is 17.7 Å². The van der Waals surface area contributed by atoms with Gasteiger partial charge in [0.15, 0.2) is 11.5 Å². The normalized spacial score (nSPS) is 16.2. The van der Waals surface area contributed by atoms with Crippen molar-refractivity contribution >= 4 is 17.6 Å². The molecule has 2 rings (SSSR count). The van der Waals surface area contributed by atoms with Crippen LogP contribution in [0.2, 0.25) is 5.02 Å². The second-order valence-corrected chi connectivity index (χ2v) is 4.92. The Balaban J connectivity index is 2.48. The molecule has 1 saturated carbocycles. The topological polar surface area (TPSA) is 55.8 Å². The van der Waals surface area contributed by atoms with E-state index in [0.717, 1.165) is 18.4 Å². The van der Waals surface area contributed by atoms with Crippen LogP contribution in [-0.2, 0) is 10.2 Å². The van der Waals surface area contributed by atoms with Crippen LogP contribution in [0.3, 0.4) is 0 Å². The number of halogens is 1. The molecule has 0 amide bonds. The van der Waals surface area contributed by atoms with E-state index in [1.807, 2.05) is 6.07 Å². The van der Waals surface area contributed by atoms with Crippen molar-refractivity contribution in [1.29, 1.82) is 0 Å². The lowest BCUT2D eigenvalue weighted by Crippen LogP contribution is -2.14. The summed E-state index contributed by atoms with van der Waals surface area (Å²) in [6.07, 6.45) is 1.80. The van der Waals surface area contributed by atoms with Gasteiger partial charge in [0, 0.05) is 11.0 Å². The minimum Gasteiger partial charge on any atom is -0.492 e. The number of hydrogen-bond donors (Lipinski definition) is 1. The maximum Gasteiger partial charge on any atom is 0.304 e. The van der Waals surface area contributed by atoms with Crippen LogP contribution in [0, 0.1) is 0 Å². The average Bonchev–Trinajstić information content (AvgIpc) is 3.08. The number of carboxylic acid groups (broad SMARTS) is 1. The second-order valence-electron chi connectivity index (χ2n) is 4.51. The van der Waals surface area contributed by atoms with E-state index in [4.69, 9.17) is 26.2 Å². The first kappa shape index (κ1) is 13.0. The Labute approximate surface area is 110 Å². The molecule has 0 unspecified atom stereocenters. The first-order chi connectivity index (χ1) is 8.54. The summed E-state index contributed by atoms with van der Waals surface area (Å²) < 4.78 is 10.6. The van der Waals surface area contributed by atoms with Crippen molar-refractivity contribution in [3.05, 3.63) is 22.7 Å². The largest absolute Gasteiger partial charge is 0.492 e. The first-order valence-electron chi connectivity index (χ1n) is 5.67. The van der Waals surface area contributed by atoms with Gasteiger partial charge in [-0.05, 0) is 18.9 Å². The van der Waals surface area contributed by atoms with Gasteiger partial charge in [-0.3, -0.25) is 4.79 Å². The zero-order valence-electron chi connectivity index (χ0n) is 10.3. The average molecular weight is 271 g/mol. The van der Waals surface area contributed by atoms with E-state index in [2.05, 4.69) is 0 Å². The molecule has 1 aromatic carbocycles. The van der Waals surface area contributed by atoms with E-state index >= 15 is 0 Å². The third kappa shape index (κ3) is 2.12. The smallest absolute Gasteiger partial charge is 0.304 e. The number of aliphatic carboxylic acids is 1. The van der Waals surface area contributed by atoms with Crippen LogP contribution in [-0.4, -0.2) is 25.3 Å². The van der Waals surface area contributed by atoms with Crippen molar-refractivity contribution in [2.75, 3.05) is 14.2 Å². The van der Waals surface area contributed by atoms with Gasteiger partial charge in [-0.25, -0.2) is 0 Å². The summed E-state index contributed by atoms with van der Waals surface area (Å²) in [7, 11) is 3.05. The van der Waals surface area contributed by atoms with Crippen LogP contribution in [0.4, 0.5) is 0 Å². The van der Waals surface area contributed by atoms with E-state index in [-0.39, 0.29) is 11.8 Å². The Kier molecular flexibility index (Phi) is 3.39. The summed E-state index contributed by atoms with van der Waals surface area (Å²) in [6.45, 7) is 0. The molecule has 1 aliphatic carbocycles. The first-order valence-corrected chi connectivity index (χ1v) is 6.04. The zero-order valence-corrected chi connectivity index (χ0v) is 11.1. The predicted molar refractivity (Wildman–Crippen MR) is 67.7 cm³/mol. The Morgan fingerprint density at radius 1 is 1.33 bits per heavy atom. The molecule has 1 aliphatic rings. The van der Waals surface area contributed by atoms with Crippen LogP contribution in [0.5, 0.6) is 11.5 Å². The highest BCUT2D eigenvalue weighted by molar-refractivity contribution is 6.32. The molecule has 0 heterocycles. The molecule has 0 spiro atoms. The molecule has 0 saturated heterocycles. The van der Waals surface area contributed by atoms with Gasteiger partial charge in [0.25, 0.3) is 0 Å². The molecule has 0 atom stereocenters. The standard InChI is InChI=1S/C13H15ClO4/c1-17-11-8(3-4-9(14)12(11)18-2)13(5-6-13)7-10(15)16/h3-4H,5-7H2,1-2H3,(H,15,16). The lowest BCUT2D eigenvalue weighted by Gasteiger charge is -2.19. The van der Waals surface area contributed by atoms with Gasteiger partial charge in [-0.2, -0.15) is 0 Å². The van der Waals surface area contributed by atoms with Gasteiger partial charge < -0.3 is 14.6 Å². The quantitative estimate of drug-likeness (QED) is 0.894. The molecule has 98 valence electrons. The van der Waals surface area contributed by atoms with Crippen molar-refractivity contribution in [2.24, 2.45) is 0 Å². The number of methoxy groups -OCH3 is 2. The molecule has 18 heavy (non-hydrogen) atoms. The van der Waals surface area contributed by atoms with Crippen molar-refractivity contribution in [1.82, 2.24) is 0 Å². The van der Waals surface area contributed by atoms with Crippen LogP contribution >= 0.6 is 11.6 Å². The number of carbonyl (C=O) groups is 1. The zero-order chi connectivity index (χ0) is 13.3. The summed E-state index contributed by atoms with van der Waals surface area (Å²) in [4.78, 5) is 11.0. The van der Waals surface area contributed by atoms with Crippen LogP contribution in [0.15, 0.2) is 12.1 Å². The Morgan fingerprint density at radius 3 is 2.39 bits per heavy atom. The second kappa shape index (κ2) is 4.69. The van der Waals surface area contributed by atoms with Gasteiger partial charge in [-0.15, -0.1) is 0 Å². The molecule has 1 fully saturated rings. The molecule has 1 N–H and O–H groups in total. The predicted octanol–water partition coefficient (Wildman–Crippen LogP) is 2.86. The summed E-state index contributed by atoms with van der Waals surface area (Å²) >= 11 is 6.04. The Bertz CT molecular complexity index is 480. The number of hydrogen-bond acceptors (Lipinski definition) is 3. The third-order valence-electron chi connectivity index (χ3n) is 3.39. The van der Waals surface area contributed by atoms with Gasteiger partial charge >= 0.3 is 5.97 Å². The van der Waals surface area contributed by atoms with Crippen molar-refractivity contribution in [3.63, 3.8) is 0 Å². The number of carboxylic acids is 1. The summed E-state index contributed by atoms with van der Waals surface area (Å²) in [5.74, 6) is 0.209. The Morgan fingerprint density at radius 2 is 1.94 bits per heavy atom. The van der Waals surface area contributed by atoms with Crippen molar-refractivity contribution < 1.29 is 19.4 Å². The molecule has 0 bridgehead atoms. The van der Waals surface area contributed by atoms with Gasteiger partial charge in [0.2, 0.25) is 0 Å². The Hall–Kier alpha value is -1.42. The molecular formula is C13H15ClO4. The molecule has 0 aliphatic heterocycles. The van der Waals surface area contributed by atoms with Gasteiger partial charge in [0.1, 0.15) is 0 Å². The fraction of sp³-hybridized carbons (Fsp3) is 0.462. The number of rotatable bonds is 5. The summed E-state index contributed by atoms with van der Waals surface area (Å²) in [6, 6.07) is 3.56. The lowest BCUT2D eigenvalue weighted by atomic mass is 9.91. The van der Waals surface area contributed by atoms with Crippen LogP contribution < -0.4 is 9.47 Å².